The maximum atomic E-state index is 7.08. The summed E-state index contributed by atoms with van der Waals surface area (Å²) in [5, 5.41) is 6.97. The van der Waals surface area contributed by atoms with Crippen LogP contribution in [0.15, 0.2) is 186 Å². The summed E-state index contributed by atoms with van der Waals surface area (Å²) in [7, 11) is 0. The lowest BCUT2D eigenvalue weighted by molar-refractivity contribution is 0.647. The third-order valence-electron chi connectivity index (χ3n) is 13.4. The molecule has 1 aliphatic carbocycles. The molecule has 302 valence electrons. The third-order valence-corrected chi connectivity index (χ3v) is 13.4. The van der Waals surface area contributed by atoms with Gasteiger partial charge in [-0.3, -0.25) is 0 Å². The number of benzene rings is 9. The summed E-state index contributed by atoms with van der Waals surface area (Å²) in [4.78, 5) is 4.95. The Morgan fingerprint density at radius 2 is 0.952 bits per heavy atom. The number of anilines is 6. The van der Waals surface area contributed by atoms with Crippen LogP contribution < -0.4 is 9.80 Å². The van der Waals surface area contributed by atoms with E-state index < -0.39 is 0 Å². The maximum Gasteiger partial charge on any atom is 0.137 e. The van der Waals surface area contributed by atoms with Gasteiger partial charge in [0.1, 0.15) is 11.2 Å². The molecule has 0 N–H and O–H groups in total. The largest absolute Gasteiger partial charge is 0.456 e. The van der Waals surface area contributed by atoms with Crippen molar-refractivity contribution in [2.45, 2.75) is 58.8 Å². The van der Waals surface area contributed by atoms with E-state index in [1.165, 1.54) is 54.9 Å². The van der Waals surface area contributed by atoms with Gasteiger partial charge in [-0.05, 0) is 111 Å². The Balaban J connectivity index is 1.26. The number of fused-ring (bicyclic) bond motifs is 8. The summed E-state index contributed by atoms with van der Waals surface area (Å²) >= 11 is 0. The third kappa shape index (κ3) is 5.94. The van der Waals surface area contributed by atoms with E-state index in [-0.39, 0.29) is 5.41 Å². The van der Waals surface area contributed by atoms with Gasteiger partial charge in [0.15, 0.2) is 0 Å². The van der Waals surface area contributed by atoms with E-state index in [9.17, 15) is 0 Å². The average molecular weight is 803 g/mol. The lowest BCUT2D eigenvalue weighted by Gasteiger charge is -2.31. The van der Waals surface area contributed by atoms with E-state index in [2.05, 4.69) is 233 Å². The smallest absolute Gasteiger partial charge is 0.137 e. The second-order valence-corrected chi connectivity index (χ2v) is 18.1. The fourth-order valence-electron chi connectivity index (χ4n) is 10.1. The number of rotatable bonds is 8. The second kappa shape index (κ2) is 14.5. The number of hydrogen-bond donors (Lipinski definition) is 0. The molecule has 1 aromatic heterocycles. The molecule has 1 heterocycles. The van der Waals surface area contributed by atoms with Crippen molar-refractivity contribution in [1.82, 2.24) is 0 Å². The van der Waals surface area contributed by atoms with Gasteiger partial charge in [-0.15, -0.1) is 0 Å². The second-order valence-electron chi connectivity index (χ2n) is 18.1. The van der Waals surface area contributed by atoms with Crippen molar-refractivity contribution in [3.05, 3.63) is 204 Å². The van der Waals surface area contributed by atoms with Gasteiger partial charge in [0.25, 0.3) is 0 Å². The molecule has 0 aliphatic heterocycles. The molecule has 0 fully saturated rings. The van der Waals surface area contributed by atoms with Crippen LogP contribution in [0, 0.1) is 0 Å². The van der Waals surface area contributed by atoms with E-state index >= 15 is 0 Å². The van der Waals surface area contributed by atoms with Crippen LogP contribution in [0.4, 0.5) is 34.1 Å². The van der Waals surface area contributed by atoms with E-state index in [0.29, 0.717) is 11.8 Å². The van der Waals surface area contributed by atoms with Crippen LogP contribution in [0.2, 0.25) is 0 Å². The zero-order valence-corrected chi connectivity index (χ0v) is 36.3. The number of nitrogens with zero attached hydrogens (tertiary/aromatic N) is 2. The van der Waals surface area contributed by atoms with E-state index in [4.69, 9.17) is 4.42 Å². The van der Waals surface area contributed by atoms with Crippen molar-refractivity contribution in [3.63, 3.8) is 0 Å². The summed E-state index contributed by atoms with van der Waals surface area (Å²) in [6.07, 6.45) is 0. The first kappa shape index (κ1) is 37.9. The summed E-state index contributed by atoms with van der Waals surface area (Å²) in [6.45, 7) is 13.8. The highest BCUT2D eigenvalue weighted by Crippen LogP contribution is 2.59. The van der Waals surface area contributed by atoms with Gasteiger partial charge in [0.05, 0.1) is 22.4 Å². The Bertz CT molecular complexity index is 3320. The minimum absolute atomic E-state index is 0.252. The first-order chi connectivity index (χ1) is 30.2. The number of furan rings is 1. The molecule has 0 unspecified atom stereocenters. The molecule has 10 aromatic rings. The van der Waals surface area contributed by atoms with Gasteiger partial charge in [-0.1, -0.05) is 163 Å². The number of hydrogen-bond acceptors (Lipinski definition) is 3. The molecule has 0 bridgehead atoms. The fourth-order valence-corrected chi connectivity index (χ4v) is 10.1. The van der Waals surface area contributed by atoms with E-state index in [1.54, 1.807) is 0 Å². The monoisotopic (exact) mass is 802 g/mol. The highest BCUT2D eigenvalue weighted by atomic mass is 16.3. The van der Waals surface area contributed by atoms with Crippen molar-refractivity contribution >= 4 is 77.6 Å². The average Bonchev–Trinajstić information content (AvgIpc) is 3.78. The van der Waals surface area contributed by atoms with Gasteiger partial charge in [-0.25, -0.2) is 0 Å². The van der Waals surface area contributed by atoms with Crippen LogP contribution in [-0.2, 0) is 5.41 Å². The molecular formula is C59H50N2O. The molecule has 0 saturated heterocycles. The van der Waals surface area contributed by atoms with Crippen LogP contribution in [0.3, 0.4) is 0 Å². The zero-order chi connectivity index (χ0) is 42.3. The quantitative estimate of drug-likeness (QED) is 0.153. The Morgan fingerprint density at radius 1 is 0.435 bits per heavy atom. The Morgan fingerprint density at radius 3 is 1.56 bits per heavy atom. The highest BCUT2D eigenvalue weighted by molar-refractivity contribution is 6.20. The van der Waals surface area contributed by atoms with Gasteiger partial charge in [0.2, 0.25) is 0 Å². The molecule has 0 amide bonds. The minimum atomic E-state index is -0.252. The van der Waals surface area contributed by atoms with Crippen LogP contribution >= 0.6 is 0 Å². The Kier molecular flexibility index (Phi) is 8.87. The lowest BCUT2D eigenvalue weighted by atomic mass is 9.82. The molecule has 3 nitrogen and oxygen atoms in total. The van der Waals surface area contributed by atoms with E-state index in [1.807, 2.05) is 0 Å². The molecule has 3 heteroatoms. The standard InChI is InChI=1S/C59H50N2O/c1-37(2)39-25-29-43(30-26-39)60(52-23-13-17-41-15-7-9-19-46(41)52)45-33-34-54-49(35-45)57-55(62-54)36-51-56(48-21-11-12-22-50(48)59(51,5)6)58(57)61(44-31-27-40(28-32-44)38(3)4)53-24-14-18-42-16-8-10-20-47(42)53/h7-38H,1-6H3. The first-order valence-electron chi connectivity index (χ1n) is 22.1. The molecule has 0 atom stereocenters. The molecular weight excluding hydrogens is 753 g/mol. The van der Waals surface area contributed by atoms with Gasteiger partial charge in [0, 0.05) is 44.2 Å². The van der Waals surface area contributed by atoms with Crippen LogP contribution in [0.1, 0.15) is 75.6 Å². The summed E-state index contributed by atoms with van der Waals surface area (Å²) < 4.78 is 7.08. The van der Waals surface area contributed by atoms with Gasteiger partial charge < -0.3 is 14.2 Å². The van der Waals surface area contributed by atoms with E-state index in [0.717, 1.165) is 56.1 Å². The summed E-state index contributed by atoms with van der Waals surface area (Å²) in [5.74, 6) is 0.850. The lowest BCUT2D eigenvalue weighted by Crippen LogP contribution is -2.16. The van der Waals surface area contributed by atoms with Crippen molar-refractivity contribution in [1.29, 1.82) is 0 Å². The van der Waals surface area contributed by atoms with Crippen molar-refractivity contribution in [2.24, 2.45) is 0 Å². The normalized spacial score (nSPS) is 13.1. The molecule has 0 spiro atoms. The highest BCUT2D eigenvalue weighted by Gasteiger charge is 2.40. The van der Waals surface area contributed by atoms with Crippen LogP contribution in [-0.4, -0.2) is 0 Å². The molecule has 0 radical (unpaired) electrons. The summed E-state index contributed by atoms with van der Waals surface area (Å²) in [6, 6.07) is 67.2. The van der Waals surface area contributed by atoms with Crippen molar-refractivity contribution < 1.29 is 4.42 Å². The van der Waals surface area contributed by atoms with Crippen molar-refractivity contribution in [3.8, 4) is 11.1 Å². The predicted molar refractivity (Wildman–Crippen MR) is 264 cm³/mol. The fraction of sp³-hybridized carbons (Fsp3) is 0.153. The predicted octanol–water partition coefficient (Wildman–Crippen LogP) is 17.4. The van der Waals surface area contributed by atoms with Crippen LogP contribution in [0.5, 0.6) is 0 Å². The molecule has 0 saturated carbocycles. The Labute approximate surface area is 364 Å². The zero-order valence-electron chi connectivity index (χ0n) is 36.3. The first-order valence-corrected chi connectivity index (χ1v) is 22.1. The Hall–Kier alpha value is -7.10. The van der Waals surface area contributed by atoms with Gasteiger partial charge >= 0.3 is 0 Å². The molecule has 1 aliphatic rings. The molecule has 62 heavy (non-hydrogen) atoms. The van der Waals surface area contributed by atoms with Crippen LogP contribution in [0.25, 0.3) is 54.6 Å². The van der Waals surface area contributed by atoms with Crippen molar-refractivity contribution in [2.75, 3.05) is 9.80 Å². The SMILES string of the molecule is CC(C)c1ccc(N(c2ccc3oc4cc5c(c(N(c6ccc(C(C)C)cc6)c6cccc7ccccc67)c4c3c2)-c2ccccc2C5(C)C)c2cccc3ccccc23)cc1. The molecule has 9 aromatic carbocycles. The van der Waals surface area contributed by atoms with Gasteiger partial charge in [-0.2, -0.15) is 0 Å². The topological polar surface area (TPSA) is 19.6 Å². The minimum Gasteiger partial charge on any atom is -0.456 e. The molecule has 11 rings (SSSR count). The maximum absolute atomic E-state index is 7.08. The summed E-state index contributed by atoms with van der Waals surface area (Å²) in [5.41, 5.74) is 15.9.